The SMILES string of the molecule is CCCCC(CC)C(CC)C(C)C(CC)CC(C)CC. The predicted octanol–water partition coefficient (Wildman–Crippen LogP) is 7.33. The molecule has 0 saturated heterocycles. The zero-order chi connectivity index (χ0) is 15.5. The van der Waals surface area contributed by atoms with Crippen LogP contribution in [-0.4, -0.2) is 0 Å². The van der Waals surface area contributed by atoms with Crippen molar-refractivity contribution in [3.8, 4) is 0 Å². The van der Waals surface area contributed by atoms with Gasteiger partial charge in [-0.15, -0.1) is 0 Å². The van der Waals surface area contributed by atoms with Crippen molar-refractivity contribution in [3.63, 3.8) is 0 Å². The van der Waals surface area contributed by atoms with Crippen LogP contribution in [0.25, 0.3) is 0 Å². The summed E-state index contributed by atoms with van der Waals surface area (Å²) in [6.07, 6.45) is 11.1. The molecule has 20 heavy (non-hydrogen) atoms. The van der Waals surface area contributed by atoms with Crippen molar-refractivity contribution in [2.24, 2.45) is 29.6 Å². The Morgan fingerprint density at radius 1 is 0.700 bits per heavy atom. The monoisotopic (exact) mass is 282 g/mol. The molecule has 0 bridgehead atoms. The Labute approximate surface area is 130 Å². The minimum Gasteiger partial charge on any atom is -0.0654 e. The van der Waals surface area contributed by atoms with Gasteiger partial charge in [-0.25, -0.2) is 0 Å². The van der Waals surface area contributed by atoms with Gasteiger partial charge in [0.05, 0.1) is 0 Å². The molecule has 0 saturated carbocycles. The largest absolute Gasteiger partial charge is 0.0654 e. The highest BCUT2D eigenvalue weighted by molar-refractivity contribution is 4.79. The molecule has 0 heterocycles. The van der Waals surface area contributed by atoms with Gasteiger partial charge in [0, 0.05) is 0 Å². The van der Waals surface area contributed by atoms with Crippen molar-refractivity contribution in [1.82, 2.24) is 0 Å². The third-order valence-corrected chi connectivity index (χ3v) is 5.88. The molecule has 0 aromatic carbocycles. The maximum atomic E-state index is 2.55. The molecule has 0 nitrogen and oxygen atoms in total. The molecule has 0 aromatic rings. The first-order valence-corrected chi connectivity index (χ1v) is 9.55. The van der Waals surface area contributed by atoms with Crippen LogP contribution in [0.1, 0.15) is 99.8 Å². The molecule has 0 amide bonds. The van der Waals surface area contributed by atoms with Gasteiger partial charge in [0.2, 0.25) is 0 Å². The highest BCUT2D eigenvalue weighted by atomic mass is 14.3. The highest BCUT2D eigenvalue weighted by Crippen LogP contribution is 2.38. The van der Waals surface area contributed by atoms with E-state index >= 15 is 0 Å². The summed E-state index contributed by atoms with van der Waals surface area (Å²) in [5.74, 6) is 4.64. The van der Waals surface area contributed by atoms with Gasteiger partial charge in [-0.2, -0.15) is 0 Å². The zero-order valence-corrected chi connectivity index (χ0v) is 15.5. The summed E-state index contributed by atoms with van der Waals surface area (Å²) in [5.41, 5.74) is 0. The summed E-state index contributed by atoms with van der Waals surface area (Å²) in [6, 6.07) is 0. The summed E-state index contributed by atoms with van der Waals surface area (Å²) in [6.45, 7) is 16.9. The smallest absolute Gasteiger partial charge is 0.0360 e. The molecule has 0 radical (unpaired) electrons. The molecule has 0 N–H and O–H groups in total. The van der Waals surface area contributed by atoms with Gasteiger partial charge < -0.3 is 0 Å². The molecule has 0 aliphatic heterocycles. The molecule has 0 aliphatic carbocycles. The third-order valence-electron chi connectivity index (χ3n) is 5.88. The topological polar surface area (TPSA) is 0 Å². The Kier molecular flexibility index (Phi) is 11.6. The number of hydrogen-bond acceptors (Lipinski definition) is 0. The maximum absolute atomic E-state index is 2.55. The molecule has 0 aliphatic rings. The van der Waals surface area contributed by atoms with Crippen LogP contribution >= 0.6 is 0 Å². The Balaban J connectivity index is 4.71. The average molecular weight is 283 g/mol. The van der Waals surface area contributed by atoms with Crippen molar-refractivity contribution in [2.75, 3.05) is 0 Å². The summed E-state index contributed by atoms with van der Waals surface area (Å²) in [7, 11) is 0. The van der Waals surface area contributed by atoms with E-state index in [2.05, 4.69) is 48.5 Å². The molecule has 0 aromatic heterocycles. The van der Waals surface area contributed by atoms with E-state index in [1.807, 2.05) is 0 Å². The Morgan fingerprint density at radius 3 is 1.70 bits per heavy atom. The predicted molar refractivity (Wildman–Crippen MR) is 94.1 cm³/mol. The average Bonchev–Trinajstić information content (AvgIpc) is 2.47. The molecule has 5 unspecified atom stereocenters. The molecule has 0 fully saturated rings. The van der Waals surface area contributed by atoms with Crippen LogP contribution in [0.2, 0.25) is 0 Å². The molecular formula is C20H42. The van der Waals surface area contributed by atoms with E-state index in [0.29, 0.717) is 0 Å². The summed E-state index contributed by atoms with van der Waals surface area (Å²) in [5, 5.41) is 0. The zero-order valence-electron chi connectivity index (χ0n) is 15.5. The van der Waals surface area contributed by atoms with E-state index in [0.717, 1.165) is 29.6 Å². The number of hydrogen-bond donors (Lipinski definition) is 0. The standard InChI is InChI=1S/C20H42/c1-8-13-14-18(10-3)20(12-5)17(7)19(11-4)15-16(6)9-2/h16-20H,8-15H2,1-7H3. The molecule has 5 atom stereocenters. The Hall–Kier alpha value is 0. The lowest BCUT2D eigenvalue weighted by atomic mass is 9.69. The number of rotatable bonds is 12. The fraction of sp³-hybridized carbons (Fsp3) is 1.00. The van der Waals surface area contributed by atoms with Crippen molar-refractivity contribution < 1.29 is 0 Å². The minimum absolute atomic E-state index is 0.899. The van der Waals surface area contributed by atoms with Crippen molar-refractivity contribution >= 4 is 0 Å². The fourth-order valence-corrected chi connectivity index (χ4v) is 4.11. The fourth-order valence-electron chi connectivity index (χ4n) is 4.11. The minimum atomic E-state index is 0.899. The number of unbranched alkanes of at least 4 members (excludes halogenated alkanes) is 1. The lowest BCUT2D eigenvalue weighted by molar-refractivity contribution is 0.136. The summed E-state index contributed by atoms with van der Waals surface area (Å²) >= 11 is 0. The van der Waals surface area contributed by atoms with Gasteiger partial charge in [-0.1, -0.05) is 93.4 Å². The van der Waals surface area contributed by atoms with Crippen molar-refractivity contribution in [2.45, 2.75) is 99.8 Å². The Bertz CT molecular complexity index is 208. The van der Waals surface area contributed by atoms with E-state index in [1.54, 1.807) is 0 Å². The van der Waals surface area contributed by atoms with E-state index in [4.69, 9.17) is 0 Å². The summed E-state index contributed by atoms with van der Waals surface area (Å²) in [4.78, 5) is 0. The van der Waals surface area contributed by atoms with Crippen molar-refractivity contribution in [1.29, 1.82) is 0 Å². The molecule has 122 valence electrons. The van der Waals surface area contributed by atoms with E-state index in [1.165, 1.54) is 51.4 Å². The van der Waals surface area contributed by atoms with E-state index in [-0.39, 0.29) is 0 Å². The van der Waals surface area contributed by atoms with E-state index < -0.39 is 0 Å². The first-order valence-electron chi connectivity index (χ1n) is 9.55. The van der Waals surface area contributed by atoms with Gasteiger partial charge in [-0.3, -0.25) is 0 Å². The van der Waals surface area contributed by atoms with Crippen molar-refractivity contribution in [3.05, 3.63) is 0 Å². The highest BCUT2D eigenvalue weighted by Gasteiger charge is 2.29. The maximum Gasteiger partial charge on any atom is -0.0360 e. The van der Waals surface area contributed by atoms with Crippen LogP contribution in [0, 0.1) is 29.6 Å². The summed E-state index contributed by atoms with van der Waals surface area (Å²) < 4.78 is 0. The normalized spacial score (nSPS) is 19.4. The first kappa shape index (κ1) is 20.0. The van der Waals surface area contributed by atoms with Gasteiger partial charge in [-0.05, 0) is 36.0 Å². The van der Waals surface area contributed by atoms with Gasteiger partial charge in [0.15, 0.2) is 0 Å². The van der Waals surface area contributed by atoms with E-state index in [9.17, 15) is 0 Å². The van der Waals surface area contributed by atoms with Crippen LogP contribution in [0.15, 0.2) is 0 Å². The van der Waals surface area contributed by atoms with Gasteiger partial charge in [0.1, 0.15) is 0 Å². The van der Waals surface area contributed by atoms with Crippen LogP contribution in [0.3, 0.4) is 0 Å². The second kappa shape index (κ2) is 11.6. The van der Waals surface area contributed by atoms with Gasteiger partial charge >= 0.3 is 0 Å². The lowest BCUT2D eigenvalue weighted by Crippen LogP contribution is -2.28. The van der Waals surface area contributed by atoms with Crippen LogP contribution in [0.5, 0.6) is 0 Å². The molecule has 0 spiro atoms. The Morgan fingerprint density at radius 2 is 1.30 bits per heavy atom. The third kappa shape index (κ3) is 6.64. The lowest BCUT2D eigenvalue weighted by Gasteiger charge is -2.36. The second-order valence-corrected chi connectivity index (χ2v) is 7.16. The second-order valence-electron chi connectivity index (χ2n) is 7.16. The first-order chi connectivity index (χ1) is 9.55. The van der Waals surface area contributed by atoms with Crippen LogP contribution < -0.4 is 0 Å². The van der Waals surface area contributed by atoms with Gasteiger partial charge in [0.25, 0.3) is 0 Å². The molecule has 0 heteroatoms. The molecular weight excluding hydrogens is 240 g/mol. The quantitative estimate of drug-likeness (QED) is 0.351. The molecule has 0 rings (SSSR count). The van der Waals surface area contributed by atoms with Crippen LogP contribution in [-0.2, 0) is 0 Å². The van der Waals surface area contributed by atoms with Crippen LogP contribution in [0.4, 0.5) is 0 Å².